The molecule has 0 unspecified atom stereocenters. The van der Waals surface area contributed by atoms with Gasteiger partial charge in [0.05, 0.1) is 62.0 Å². The molecule has 0 saturated heterocycles. The van der Waals surface area contributed by atoms with E-state index in [4.69, 9.17) is 23.8 Å². The number of carbonyl (C=O) groups is 4. The molecule has 2 aliphatic rings. The average molecular weight is 2130 g/mol. The number of hydroxylamine groups is 2. The summed E-state index contributed by atoms with van der Waals surface area (Å²) in [6.45, 7) is 8.91. The Bertz CT molecular complexity index is 6030. The number of nitrogens with zero attached hydrogens (tertiary/aromatic N) is 1. The second-order valence-electron chi connectivity index (χ2n) is 35.1. The van der Waals surface area contributed by atoms with Gasteiger partial charge in [0.2, 0.25) is 0 Å². The number of amides is 5. The number of ether oxygens (including phenoxy) is 7. The molecule has 2 aliphatic carbocycles. The molecule has 0 aliphatic heterocycles. The Morgan fingerprint density at radius 2 is 0.940 bits per heavy atom. The molecule has 0 bridgehead atoms. The van der Waals surface area contributed by atoms with Crippen molar-refractivity contribution in [2.75, 3.05) is 47.6 Å². The van der Waals surface area contributed by atoms with E-state index in [-0.39, 0.29) is 76.5 Å². The number of hydrogen-bond donors (Lipinski definition) is 5. The first-order valence-electron chi connectivity index (χ1n) is 46.2. The number of benzene rings is 10. The normalized spacial score (nSPS) is 15.8. The van der Waals surface area contributed by atoms with Gasteiger partial charge in [0, 0.05) is 74.4 Å². The zero-order valence-electron chi connectivity index (χ0n) is 80.0. The van der Waals surface area contributed by atoms with Crippen molar-refractivity contribution in [2.24, 2.45) is 17.8 Å². The van der Waals surface area contributed by atoms with E-state index >= 15 is 8.78 Å². The molecule has 0 heterocycles. The van der Waals surface area contributed by atoms with Crippen LogP contribution in [0.1, 0.15) is 149 Å². The summed E-state index contributed by atoms with van der Waals surface area (Å²) in [5, 5.41) is 13.9. The zero-order valence-corrected chi connectivity index (χ0v) is 80.0. The molecule has 0 aromatic heterocycles. The summed E-state index contributed by atoms with van der Waals surface area (Å²) in [7, 11) is 4.82. The average Bonchev–Trinajstić information content (AvgIpc) is 0.764. The number of esters is 1. The first-order chi connectivity index (χ1) is 70.1. The minimum absolute atomic E-state index is 0.00373. The monoisotopic (exact) mass is 2130 g/mol. The lowest BCUT2D eigenvalue weighted by molar-refractivity contribution is -0.275. The molecule has 43 heteroatoms. The molecule has 2 saturated carbocycles. The number of halogens is 25. The lowest BCUT2D eigenvalue weighted by Gasteiger charge is -2.41. The summed E-state index contributed by atoms with van der Waals surface area (Å²) in [6, 6.07) is 42.8. The number of alkyl halides is 20. The van der Waals surface area contributed by atoms with Crippen LogP contribution in [0.15, 0.2) is 255 Å². The molecule has 5 N–H and O–H groups in total. The molecule has 12 rings (SSSR count). The van der Waals surface area contributed by atoms with Crippen molar-refractivity contribution in [3.05, 3.63) is 351 Å². The van der Waals surface area contributed by atoms with Crippen LogP contribution in [-0.4, -0.2) is 126 Å². The third-order valence-electron chi connectivity index (χ3n) is 24.5. The Kier molecular flexibility index (Phi) is 40.2. The second kappa shape index (κ2) is 51.3. The summed E-state index contributed by atoms with van der Waals surface area (Å²) >= 11 is 0. The number of urea groups is 2. The summed E-state index contributed by atoms with van der Waals surface area (Å²) in [4.78, 5) is 57.1. The Hall–Kier alpha value is -14.0. The quantitative estimate of drug-likeness (QED) is 0.00794. The van der Waals surface area contributed by atoms with Crippen LogP contribution in [-0.2, 0) is 67.6 Å². The van der Waals surface area contributed by atoms with Crippen molar-refractivity contribution in [2.45, 2.75) is 176 Å². The molecule has 10 aromatic rings. The van der Waals surface area contributed by atoms with Crippen molar-refractivity contribution in [1.82, 2.24) is 31.6 Å². The van der Waals surface area contributed by atoms with Gasteiger partial charge < -0.3 is 59.7 Å². The first kappa shape index (κ1) is 117. The van der Waals surface area contributed by atoms with Gasteiger partial charge in [-0.2, -0.15) is 52.7 Å². The summed E-state index contributed by atoms with van der Waals surface area (Å²) < 4.78 is 374. The first-order valence-corrected chi connectivity index (χ1v) is 46.2. The van der Waals surface area contributed by atoms with Crippen molar-refractivity contribution in [1.29, 1.82) is 0 Å². The summed E-state index contributed by atoms with van der Waals surface area (Å²) in [6.07, 6.45) is -28.1. The van der Waals surface area contributed by atoms with Crippen LogP contribution in [0.5, 0.6) is 28.7 Å². The van der Waals surface area contributed by atoms with Gasteiger partial charge in [-0.05, 0) is 235 Å². The van der Waals surface area contributed by atoms with Crippen LogP contribution in [0.4, 0.5) is 119 Å². The maximum absolute atomic E-state index is 15.2. The largest absolute Gasteiger partial charge is 0.573 e. The standard InChI is InChI=1S/C39H35F10NO5.C35H35F9N2O5.C32H33F6N3O2/c1-2-53-34(51)7-5-3-4-6-18-54-30-15-8-24(9-16-30)23-37(26-11-13-28(40)14-12-26,27-20-29(41)22-31(21-27)55-39(48,49)36(43)44)50-35(52)25-10-17-33(42)32(19-25)38(45,46)47;1-22(48-2)25-13-9-24(10-14-25)20-49-28-15-11-23(12-16-28)19-32(46-31(47)45-21-33(36,37)38,26-5-3-7-29(17-26)50-34(39,40)41)27-6-4-8-30(18-27)51-35(42,43)44;1-20(41(2)43-3)23-15-28(16-23)39-30(42)40-31(18-21-7-5-4-6-8-21,24-9-11-26(33)12-10-24)25-13-22(14-27(34)17-25)19-32(37,38)29(35)36/h8-17,19-22,36H,2-7,18,23H2,1H3,(H,50,52);3-8,11-12,15-18,24-25H,1,9-10,13-14,19-21H2,2H3,(H2,45,46,47);4-14,17,23,28-29H,1,15-16,18-19H2,2-3H3,(H2,39,40,42)/t37-;;23?,28?,31-/m1.1/s1. The third kappa shape index (κ3) is 34.3. The van der Waals surface area contributed by atoms with Gasteiger partial charge in [-0.1, -0.05) is 135 Å². The predicted molar refractivity (Wildman–Crippen MR) is 497 cm³/mol. The van der Waals surface area contributed by atoms with E-state index in [1.807, 2.05) is 0 Å². The molecule has 2 fully saturated rings. The fraction of sp³-hybridized carbons (Fsp3) is 0.358. The van der Waals surface area contributed by atoms with Crippen molar-refractivity contribution < 1.29 is 167 Å². The smallest absolute Gasteiger partial charge is 0.501 e. The van der Waals surface area contributed by atoms with Gasteiger partial charge in [-0.25, -0.2) is 40.3 Å². The maximum Gasteiger partial charge on any atom is 0.573 e. The van der Waals surface area contributed by atoms with Gasteiger partial charge in [-0.3, -0.25) is 19.5 Å². The third-order valence-corrected chi connectivity index (χ3v) is 24.5. The predicted octanol–water partition coefficient (Wildman–Crippen LogP) is 26.3. The number of nitrogens with one attached hydrogen (secondary N) is 5. The van der Waals surface area contributed by atoms with Crippen LogP contribution < -0.4 is 50.3 Å². The van der Waals surface area contributed by atoms with E-state index in [0.717, 1.165) is 153 Å². The van der Waals surface area contributed by atoms with Gasteiger partial charge in [0.15, 0.2) is 0 Å². The van der Waals surface area contributed by atoms with Crippen LogP contribution in [0.25, 0.3) is 0 Å². The Morgan fingerprint density at radius 3 is 1.44 bits per heavy atom. The van der Waals surface area contributed by atoms with E-state index in [1.54, 1.807) is 86.1 Å². The molecule has 0 radical (unpaired) electrons. The van der Waals surface area contributed by atoms with Crippen molar-refractivity contribution >= 4 is 23.9 Å². The van der Waals surface area contributed by atoms with Crippen molar-refractivity contribution in [3.8, 4) is 28.7 Å². The molecular weight excluding hydrogens is 2020 g/mol. The van der Waals surface area contributed by atoms with Gasteiger partial charge in [0.1, 0.15) is 64.4 Å². The summed E-state index contributed by atoms with van der Waals surface area (Å²) in [5.74, 6) is -11.7. The van der Waals surface area contributed by atoms with Gasteiger partial charge in [0.25, 0.3) is 5.91 Å². The SMILES string of the molecule is C=C(C1CC(NC(=O)N[C@](Cc2ccccc2)(c2ccc(F)cc2)c2cc(F)cc(CC(F)(F)C(F)F)c2)C1)N(C)OC.C=C(OC)C1CCC(COc2ccc(CC(NC(=O)NCC(F)(F)F)(c3cccc(OC(F)(F)F)c3)c3cccc(OC(F)(F)F)c3)cc2)CC1.CCOC(=O)CCCCCCOc1ccc(C[C@@](NC(=O)c2ccc(F)c(C(F)(F)F)c2)(c2ccc(F)cc2)c2cc(F)cc(OC(F)(F)C(F)F)c2)cc1. The molecule has 10 aromatic carbocycles. The number of carbonyl (C=O) groups excluding carboxylic acids is 4. The van der Waals surface area contributed by atoms with E-state index in [1.165, 1.54) is 61.7 Å². The second-order valence-corrected chi connectivity index (χ2v) is 35.1. The highest BCUT2D eigenvalue weighted by atomic mass is 19.4. The minimum Gasteiger partial charge on any atom is -0.501 e. The lowest BCUT2D eigenvalue weighted by Crippen LogP contribution is -2.56. The van der Waals surface area contributed by atoms with Crippen LogP contribution in [0.2, 0.25) is 0 Å². The van der Waals surface area contributed by atoms with E-state index < -0.39 is 167 Å². The molecule has 149 heavy (non-hydrogen) atoms. The molecule has 5 amide bonds. The topological polar surface area (TPSA) is 206 Å². The molecule has 804 valence electrons. The van der Waals surface area contributed by atoms with Crippen molar-refractivity contribution in [3.63, 3.8) is 0 Å². The van der Waals surface area contributed by atoms with Crippen LogP contribution >= 0.6 is 0 Å². The van der Waals surface area contributed by atoms with E-state index in [0.29, 0.717) is 97.8 Å². The fourth-order valence-electron chi connectivity index (χ4n) is 16.9. The number of methoxy groups -OCH3 is 1. The minimum atomic E-state index is -5.22. The number of unbranched alkanes of at least 4 members (excludes halogenated alkanes) is 3. The summed E-state index contributed by atoms with van der Waals surface area (Å²) in [5.41, 5.74) is -7.07. The van der Waals surface area contributed by atoms with Gasteiger partial charge >= 0.3 is 68.0 Å². The molecule has 0 spiro atoms. The molecule has 2 atom stereocenters. The maximum atomic E-state index is 15.2. The van der Waals surface area contributed by atoms with Crippen LogP contribution in [0.3, 0.4) is 0 Å². The van der Waals surface area contributed by atoms with E-state index in [9.17, 15) is 120 Å². The Balaban J connectivity index is 0.000000230. The number of hydrogen-bond acceptors (Lipinski definition) is 13. The molecule has 18 nitrogen and oxygen atoms in total. The number of rotatable bonds is 43. The van der Waals surface area contributed by atoms with Gasteiger partial charge in [-0.15, -0.1) is 26.3 Å². The Labute approximate surface area is 840 Å². The highest BCUT2D eigenvalue weighted by molar-refractivity contribution is 5.95. The Morgan fingerprint density at radius 1 is 0.443 bits per heavy atom. The highest BCUT2D eigenvalue weighted by Crippen LogP contribution is 2.46. The highest BCUT2D eigenvalue weighted by Gasteiger charge is 2.49. The van der Waals surface area contributed by atoms with E-state index in [2.05, 4.69) is 48.6 Å². The molecular formula is C106H103F25N6O12. The lowest BCUT2D eigenvalue weighted by atomic mass is 9.76. The number of allylic oxidation sites excluding steroid dienone is 2. The zero-order chi connectivity index (χ0) is 109. The fourth-order valence-corrected chi connectivity index (χ4v) is 16.9. The van der Waals surface area contributed by atoms with Crippen LogP contribution in [0, 0.1) is 46.8 Å².